The Kier molecular flexibility index (Phi) is 8.43. The van der Waals surface area contributed by atoms with Crippen molar-refractivity contribution in [3.05, 3.63) is 154 Å². The lowest BCUT2D eigenvalue weighted by atomic mass is 9.80. The summed E-state index contributed by atoms with van der Waals surface area (Å²) in [6.07, 6.45) is -1.19. The average molecular weight is 529 g/mol. The largest absolute Gasteiger partial charge is 0.441 e. The van der Waals surface area contributed by atoms with E-state index in [1.54, 1.807) is 0 Å². The van der Waals surface area contributed by atoms with Crippen molar-refractivity contribution in [2.24, 2.45) is 5.11 Å². The summed E-state index contributed by atoms with van der Waals surface area (Å²) in [6, 6.07) is 39.0. The molecule has 40 heavy (non-hydrogen) atoms. The zero-order valence-electron chi connectivity index (χ0n) is 21.8. The van der Waals surface area contributed by atoms with Gasteiger partial charge >= 0.3 is 6.09 Å². The first kappa shape index (κ1) is 26.6. The molecule has 5 rings (SSSR count). The monoisotopic (exact) mass is 528 g/mol. The van der Waals surface area contributed by atoms with Crippen molar-refractivity contribution < 1.29 is 14.3 Å². The summed E-state index contributed by atoms with van der Waals surface area (Å²) in [4.78, 5) is 17.4. The molecular weight excluding hydrogens is 500 g/mol. The molecule has 4 aromatic carbocycles. The van der Waals surface area contributed by atoms with Gasteiger partial charge in [-0.2, -0.15) is 0 Å². The first-order valence-electron chi connectivity index (χ1n) is 13.0. The van der Waals surface area contributed by atoms with E-state index in [2.05, 4.69) is 21.9 Å². The Morgan fingerprint density at radius 2 is 1.32 bits per heavy atom. The van der Waals surface area contributed by atoms with Crippen molar-refractivity contribution in [3.8, 4) is 11.8 Å². The summed E-state index contributed by atoms with van der Waals surface area (Å²) in [5.74, 6) is 6.12. The topological polar surface area (TPSA) is 87.5 Å². The highest BCUT2D eigenvalue weighted by Gasteiger charge is 2.44. The molecule has 1 heterocycles. The maximum Gasteiger partial charge on any atom is 0.411 e. The number of benzene rings is 4. The van der Waals surface area contributed by atoms with Crippen LogP contribution in [-0.2, 0) is 15.1 Å². The number of hydrogen-bond acceptors (Lipinski definition) is 4. The van der Waals surface area contributed by atoms with Gasteiger partial charge in [0.2, 0.25) is 0 Å². The predicted octanol–water partition coefficient (Wildman–Crippen LogP) is 6.55. The first-order valence-corrected chi connectivity index (χ1v) is 13.0. The lowest BCUT2D eigenvalue weighted by Gasteiger charge is -2.37. The van der Waals surface area contributed by atoms with Crippen LogP contribution in [0.4, 0.5) is 4.79 Å². The van der Waals surface area contributed by atoms with E-state index in [4.69, 9.17) is 15.0 Å². The van der Waals surface area contributed by atoms with Gasteiger partial charge in [0, 0.05) is 10.5 Å². The first-order chi connectivity index (χ1) is 19.7. The molecule has 0 radical (unpaired) electrons. The Balaban J connectivity index is 1.47. The van der Waals surface area contributed by atoms with Crippen molar-refractivity contribution in [1.29, 1.82) is 0 Å². The van der Waals surface area contributed by atoms with Crippen LogP contribution < -0.4 is 0 Å². The number of hydrogen-bond donors (Lipinski definition) is 0. The Labute approximate surface area is 233 Å². The molecule has 0 aliphatic carbocycles. The SMILES string of the molecule is [N-]=[N+]=NC[C@@H]1[C@@H](COC(c2ccccc2)(c2ccccc2)c2ccccc2)OC(=O)N1CC#Cc1ccccc1. The van der Waals surface area contributed by atoms with E-state index in [1.165, 1.54) is 4.90 Å². The molecular formula is C33H28N4O3. The average Bonchev–Trinajstić information content (AvgIpc) is 3.32. The van der Waals surface area contributed by atoms with Crippen LogP contribution >= 0.6 is 0 Å². The minimum Gasteiger partial charge on any atom is -0.441 e. The van der Waals surface area contributed by atoms with Crippen molar-refractivity contribution >= 4 is 6.09 Å². The number of azide groups is 1. The third-order valence-electron chi connectivity index (χ3n) is 6.91. The second kappa shape index (κ2) is 12.7. The molecule has 0 unspecified atom stereocenters. The Bertz CT molecular complexity index is 1420. The highest BCUT2D eigenvalue weighted by molar-refractivity contribution is 5.71. The molecule has 1 saturated heterocycles. The molecule has 1 aliphatic rings. The quantitative estimate of drug-likeness (QED) is 0.0812. The van der Waals surface area contributed by atoms with Gasteiger partial charge in [-0.05, 0) is 34.4 Å². The zero-order chi connectivity index (χ0) is 27.6. The van der Waals surface area contributed by atoms with Gasteiger partial charge in [-0.1, -0.05) is 126 Å². The third kappa shape index (κ3) is 5.69. The van der Waals surface area contributed by atoms with Gasteiger partial charge in [0.05, 0.1) is 25.7 Å². The number of rotatable bonds is 9. The standard InChI is InChI=1S/C33H28N4O3/c34-36-35-24-30-31(40-32(38)37(30)23-13-16-26-14-5-1-6-15-26)25-39-33(27-17-7-2-8-18-27,28-19-9-3-10-20-28)29-21-11-4-12-22-29/h1-12,14-15,17-22,30-31H,23-25H2/t30-,31-/m1/s1. The van der Waals surface area contributed by atoms with E-state index in [9.17, 15) is 4.79 Å². The molecule has 1 amide bonds. The van der Waals surface area contributed by atoms with Gasteiger partial charge in [0.1, 0.15) is 11.7 Å². The van der Waals surface area contributed by atoms with E-state index >= 15 is 0 Å². The molecule has 0 saturated carbocycles. The summed E-state index contributed by atoms with van der Waals surface area (Å²) in [5, 5.41) is 3.78. The van der Waals surface area contributed by atoms with Gasteiger partial charge in [0.15, 0.2) is 0 Å². The fraction of sp³-hybridized carbons (Fsp3) is 0.182. The van der Waals surface area contributed by atoms with Crippen LogP contribution in [0.25, 0.3) is 10.4 Å². The predicted molar refractivity (Wildman–Crippen MR) is 153 cm³/mol. The number of nitrogens with zero attached hydrogens (tertiary/aromatic N) is 4. The number of carbonyl (C=O) groups is 1. The second-order valence-corrected chi connectivity index (χ2v) is 9.29. The van der Waals surface area contributed by atoms with E-state index < -0.39 is 23.8 Å². The van der Waals surface area contributed by atoms with Crippen molar-refractivity contribution in [1.82, 2.24) is 4.90 Å². The molecule has 0 spiro atoms. The molecule has 0 N–H and O–H groups in total. The number of ether oxygens (including phenoxy) is 2. The second-order valence-electron chi connectivity index (χ2n) is 9.29. The molecule has 2 atom stereocenters. The summed E-state index contributed by atoms with van der Waals surface area (Å²) in [6.45, 7) is 0.244. The van der Waals surface area contributed by atoms with Crippen molar-refractivity contribution in [3.63, 3.8) is 0 Å². The van der Waals surface area contributed by atoms with Crippen LogP contribution in [0.15, 0.2) is 126 Å². The van der Waals surface area contributed by atoms with Crippen molar-refractivity contribution in [2.75, 3.05) is 19.7 Å². The molecule has 198 valence electrons. The minimum absolute atomic E-state index is 0.0400. The van der Waals surface area contributed by atoms with Crippen LogP contribution in [0.1, 0.15) is 22.3 Å². The van der Waals surface area contributed by atoms with Crippen LogP contribution in [0.5, 0.6) is 0 Å². The highest BCUT2D eigenvalue weighted by atomic mass is 16.6. The molecule has 1 aliphatic heterocycles. The number of cyclic esters (lactones) is 1. The number of carbonyl (C=O) groups excluding carboxylic acids is 1. The van der Waals surface area contributed by atoms with Gasteiger partial charge in [-0.25, -0.2) is 4.79 Å². The van der Waals surface area contributed by atoms with Crippen LogP contribution in [0.2, 0.25) is 0 Å². The van der Waals surface area contributed by atoms with Gasteiger partial charge in [-0.3, -0.25) is 4.90 Å². The summed E-state index contributed by atoms with van der Waals surface area (Å²) < 4.78 is 12.7. The van der Waals surface area contributed by atoms with Crippen molar-refractivity contribution in [2.45, 2.75) is 17.7 Å². The van der Waals surface area contributed by atoms with Gasteiger partial charge in [0.25, 0.3) is 0 Å². The summed E-state index contributed by atoms with van der Waals surface area (Å²) in [7, 11) is 0. The molecule has 0 bridgehead atoms. The maximum absolute atomic E-state index is 13.0. The van der Waals surface area contributed by atoms with Gasteiger partial charge in [-0.15, -0.1) is 0 Å². The zero-order valence-corrected chi connectivity index (χ0v) is 21.8. The summed E-state index contributed by atoms with van der Waals surface area (Å²) >= 11 is 0. The smallest absolute Gasteiger partial charge is 0.411 e. The van der Waals surface area contributed by atoms with Gasteiger partial charge < -0.3 is 9.47 Å². The Morgan fingerprint density at radius 1 is 0.825 bits per heavy atom. The molecule has 7 heteroatoms. The highest BCUT2D eigenvalue weighted by Crippen LogP contribution is 2.41. The summed E-state index contributed by atoms with van der Waals surface area (Å²) in [5.41, 5.74) is 11.7. The third-order valence-corrected chi connectivity index (χ3v) is 6.91. The molecule has 0 aromatic heterocycles. The van der Waals surface area contributed by atoms with E-state index in [1.807, 2.05) is 121 Å². The van der Waals surface area contributed by atoms with E-state index in [0.29, 0.717) is 0 Å². The normalized spacial score (nSPS) is 16.4. The fourth-order valence-corrected chi connectivity index (χ4v) is 5.00. The Morgan fingerprint density at radius 3 is 1.82 bits per heavy atom. The van der Waals surface area contributed by atoms with E-state index in [0.717, 1.165) is 22.3 Å². The van der Waals surface area contributed by atoms with E-state index in [-0.39, 0.29) is 19.7 Å². The molecule has 4 aromatic rings. The van der Waals surface area contributed by atoms with Crippen LogP contribution in [0, 0.1) is 11.8 Å². The fourth-order valence-electron chi connectivity index (χ4n) is 5.00. The Hall–Kier alpha value is -5.02. The lowest BCUT2D eigenvalue weighted by molar-refractivity contribution is -0.0368. The van der Waals surface area contributed by atoms with Crippen LogP contribution in [0.3, 0.4) is 0 Å². The molecule has 1 fully saturated rings. The number of amides is 1. The molecule has 7 nitrogen and oxygen atoms in total. The lowest BCUT2D eigenvalue weighted by Crippen LogP contribution is -2.43. The minimum atomic E-state index is -0.972. The maximum atomic E-state index is 13.0. The van der Waals surface area contributed by atoms with Crippen LogP contribution in [-0.4, -0.2) is 42.8 Å².